The maximum absolute atomic E-state index is 11.7. The fraction of sp³-hybridized carbons (Fsp3) is 0.385. The summed E-state index contributed by atoms with van der Waals surface area (Å²) in [7, 11) is 0. The summed E-state index contributed by atoms with van der Waals surface area (Å²) in [5, 5.41) is 0. The van der Waals surface area contributed by atoms with Crippen molar-refractivity contribution in [3.63, 3.8) is 0 Å². The van der Waals surface area contributed by atoms with Gasteiger partial charge in [0.2, 0.25) is 5.91 Å². The van der Waals surface area contributed by atoms with E-state index in [1.54, 1.807) is 0 Å². The molecule has 4 nitrogen and oxygen atoms in total. The fourth-order valence-electron chi connectivity index (χ4n) is 2.07. The molecule has 2 heterocycles. The van der Waals surface area contributed by atoms with Crippen molar-refractivity contribution in [3.8, 4) is 0 Å². The van der Waals surface area contributed by atoms with Gasteiger partial charge in [-0.3, -0.25) is 4.79 Å². The molecule has 1 amide bonds. The summed E-state index contributed by atoms with van der Waals surface area (Å²) in [5.41, 5.74) is 2.01. The Morgan fingerprint density at radius 1 is 1.35 bits per heavy atom. The molecule has 0 aliphatic carbocycles. The number of hydrogen-bond donors (Lipinski definition) is 1. The maximum atomic E-state index is 11.7. The molecular formula is C13H15N3O. The van der Waals surface area contributed by atoms with E-state index in [1.165, 1.54) is 0 Å². The van der Waals surface area contributed by atoms with Gasteiger partial charge in [-0.1, -0.05) is 12.1 Å². The number of amides is 1. The highest BCUT2D eigenvalue weighted by atomic mass is 16.2. The van der Waals surface area contributed by atoms with Gasteiger partial charge >= 0.3 is 0 Å². The highest BCUT2D eigenvalue weighted by molar-refractivity contribution is 5.77. The van der Waals surface area contributed by atoms with Crippen LogP contribution in [-0.4, -0.2) is 33.9 Å². The predicted octanol–water partition coefficient (Wildman–Crippen LogP) is 1.73. The minimum absolute atomic E-state index is 0.247. The Balaban J connectivity index is 1.66. The zero-order valence-corrected chi connectivity index (χ0v) is 9.65. The summed E-state index contributed by atoms with van der Waals surface area (Å²) in [6.07, 6.45) is 2.40. The molecule has 17 heavy (non-hydrogen) atoms. The number of nitrogens with zero attached hydrogens (tertiary/aromatic N) is 2. The van der Waals surface area contributed by atoms with Crippen molar-refractivity contribution in [2.45, 2.75) is 19.3 Å². The van der Waals surface area contributed by atoms with Crippen molar-refractivity contribution in [2.75, 3.05) is 13.1 Å². The van der Waals surface area contributed by atoms with Gasteiger partial charge in [-0.15, -0.1) is 0 Å². The van der Waals surface area contributed by atoms with Gasteiger partial charge in [0.05, 0.1) is 11.0 Å². The monoisotopic (exact) mass is 229 g/mol. The topological polar surface area (TPSA) is 49.0 Å². The number of aromatic amines is 1. The number of imidazole rings is 1. The number of nitrogens with one attached hydrogen (secondary N) is 1. The van der Waals surface area contributed by atoms with Gasteiger partial charge in [-0.2, -0.15) is 0 Å². The van der Waals surface area contributed by atoms with Gasteiger partial charge < -0.3 is 9.88 Å². The summed E-state index contributed by atoms with van der Waals surface area (Å²) in [4.78, 5) is 21.3. The minimum atomic E-state index is 0.247. The van der Waals surface area contributed by atoms with E-state index < -0.39 is 0 Å². The summed E-state index contributed by atoms with van der Waals surface area (Å²) in [5.74, 6) is 1.15. The zero-order valence-electron chi connectivity index (χ0n) is 9.65. The Kier molecular flexibility index (Phi) is 2.55. The Morgan fingerprint density at radius 2 is 2.18 bits per heavy atom. The molecule has 1 fully saturated rings. The molecule has 1 aromatic carbocycles. The number of aryl methyl sites for hydroxylation is 1. The van der Waals surface area contributed by atoms with E-state index in [-0.39, 0.29) is 5.91 Å². The van der Waals surface area contributed by atoms with Crippen molar-refractivity contribution < 1.29 is 4.79 Å². The zero-order chi connectivity index (χ0) is 11.7. The molecule has 1 aliphatic heterocycles. The second-order valence-electron chi connectivity index (χ2n) is 4.43. The Bertz CT molecular complexity index is 509. The molecule has 0 spiro atoms. The van der Waals surface area contributed by atoms with Crippen LogP contribution in [0, 0.1) is 0 Å². The number of rotatable bonds is 3. The fourth-order valence-corrected chi connectivity index (χ4v) is 2.07. The lowest BCUT2D eigenvalue weighted by molar-refractivity contribution is -0.134. The van der Waals surface area contributed by atoms with Gasteiger partial charge in [-0.05, 0) is 18.6 Å². The SMILES string of the molecule is O=C(CCc1nc2ccccc2[nH]1)N1CCC1. The molecule has 1 aromatic heterocycles. The van der Waals surface area contributed by atoms with Crippen LogP contribution in [-0.2, 0) is 11.2 Å². The van der Waals surface area contributed by atoms with E-state index in [0.29, 0.717) is 12.8 Å². The molecule has 4 heteroatoms. The Hall–Kier alpha value is -1.84. The van der Waals surface area contributed by atoms with Gasteiger partial charge in [0.15, 0.2) is 0 Å². The summed E-state index contributed by atoms with van der Waals surface area (Å²) >= 11 is 0. The summed E-state index contributed by atoms with van der Waals surface area (Å²) < 4.78 is 0. The first-order valence-electron chi connectivity index (χ1n) is 6.04. The maximum Gasteiger partial charge on any atom is 0.223 e. The third-order valence-corrected chi connectivity index (χ3v) is 3.22. The van der Waals surface area contributed by atoms with Crippen molar-refractivity contribution >= 4 is 16.9 Å². The lowest BCUT2D eigenvalue weighted by Crippen LogP contribution is -2.42. The number of hydrogen-bond acceptors (Lipinski definition) is 2. The van der Waals surface area contributed by atoms with E-state index in [4.69, 9.17) is 0 Å². The van der Waals surface area contributed by atoms with Gasteiger partial charge in [0.25, 0.3) is 0 Å². The molecule has 0 unspecified atom stereocenters. The first-order chi connectivity index (χ1) is 8.33. The molecule has 0 radical (unpaired) electrons. The highest BCUT2D eigenvalue weighted by Crippen LogP contribution is 2.13. The smallest absolute Gasteiger partial charge is 0.223 e. The molecular weight excluding hydrogens is 214 g/mol. The second kappa shape index (κ2) is 4.20. The van der Waals surface area contributed by atoms with Crippen LogP contribution in [0.3, 0.4) is 0 Å². The molecule has 0 saturated carbocycles. The van der Waals surface area contributed by atoms with Crippen molar-refractivity contribution in [1.29, 1.82) is 0 Å². The van der Waals surface area contributed by atoms with Gasteiger partial charge in [-0.25, -0.2) is 4.98 Å². The van der Waals surface area contributed by atoms with Crippen LogP contribution in [0.2, 0.25) is 0 Å². The van der Waals surface area contributed by atoms with Crippen molar-refractivity contribution in [2.24, 2.45) is 0 Å². The average molecular weight is 229 g/mol. The van der Waals surface area contributed by atoms with E-state index in [2.05, 4.69) is 9.97 Å². The van der Waals surface area contributed by atoms with E-state index in [1.807, 2.05) is 29.2 Å². The molecule has 88 valence electrons. The second-order valence-corrected chi connectivity index (χ2v) is 4.43. The third kappa shape index (κ3) is 2.02. The number of para-hydroxylation sites is 2. The number of carbonyl (C=O) groups is 1. The summed E-state index contributed by atoms with van der Waals surface area (Å²) in [6.45, 7) is 1.86. The molecule has 2 aromatic rings. The Morgan fingerprint density at radius 3 is 2.88 bits per heavy atom. The average Bonchev–Trinajstić information content (AvgIpc) is 2.66. The molecule has 3 rings (SSSR count). The van der Waals surface area contributed by atoms with E-state index in [0.717, 1.165) is 36.4 Å². The van der Waals surface area contributed by atoms with Crippen LogP contribution in [0.15, 0.2) is 24.3 Å². The standard InChI is InChI=1S/C13H15N3O/c17-13(16-8-3-9-16)7-6-12-14-10-4-1-2-5-11(10)15-12/h1-2,4-5H,3,6-9H2,(H,14,15). The van der Waals surface area contributed by atoms with Crippen LogP contribution in [0.25, 0.3) is 11.0 Å². The molecule has 1 saturated heterocycles. The minimum Gasteiger partial charge on any atom is -0.343 e. The highest BCUT2D eigenvalue weighted by Gasteiger charge is 2.19. The van der Waals surface area contributed by atoms with Crippen LogP contribution in [0.4, 0.5) is 0 Å². The van der Waals surface area contributed by atoms with Crippen molar-refractivity contribution in [1.82, 2.24) is 14.9 Å². The Labute approximate surface area is 99.6 Å². The normalized spacial score (nSPS) is 14.9. The van der Waals surface area contributed by atoms with Crippen LogP contribution >= 0.6 is 0 Å². The third-order valence-electron chi connectivity index (χ3n) is 3.22. The lowest BCUT2D eigenvalue weighted by atomic mass is 10.2. The van der Waals surface area contributed by atoms with Gasteiger partial charge in [0, 0.05) is 25.9 Å². The predicted molar refractivity (Wildman–Crippen MR) is 65.6 cm³/mol. The first kappa shape index (κ1) is 10.3. The van der Waals surface area contributed by atoms with E-state index in [9.17, 15) is 4.79 Å². The summed E-state index contributed by atoms with van der Waals surface area (Å²) in [6, 6.07) is 7.93. The van der Waals surface area contributed by atoms with Crippen LogP contribution in [0.5, 0.6) is 0 Å². The number of fused-ring (bicyclic) bond motifs is 1. The lowest BCUT2D eigenvalue weighted by Gasteiger charge is -2.30. The molecule has 1 aliphatic rings. The number of carbonyl (C=O) groups excluding carboxylic acids is 1. The number of likely N-dealkylation sites (tertiary alicyclic amines) is 1. The largest absolute Gasteiger partial charge is 0.343 e. The number of H-pyrrole nitrogens is 1. The van der Waals surface area contributed by atoms with Crippen molar-refractivity contribution in [3.05, 3.63) is 30.1 Å². The quantitative estimate of drug-likeness (QED) is 0.871. The van der Waals surface area contributed by atoms with Gasteiger partial charge in [0.1, 0.15) is 5.82 Å². The molecule has 0 atom stereocenters. The van der Waals surface area contributed by atoms with Crippen LogP contribution < -0.4 is 0 Å². The molecule has 0 bridgehead atoms. The number of benzene rings is 1. The number of aromatic nitrogens is 2. The van der Waals surface area contributed by atoms with E-state index >= 15 is 0 Å². The molecule has 1 N–H and O–H groups in total. The first-order valence-corrected chi connectivity index (χ1v) is 6.04. The van der Waals surface area contributed by atoms with Crippen LogP contribution in [0.1, 0.15) is 18.7 Å².